The fourth-order valence-corrected chi connectivity index (χ4v) is 2.32. The van der Waals surface area contributed by atoms with Gasteiger partial charge in [0.2, 0.25) is 0 Å². The summed E-state index contributed by atoms with van der Waals surface area (Å²) in [6.07, 6.45) is 0. The number of amides is 1. The van der Waals surface area contributed by atoms with Crippen molar-refractivity contribution in [3.05, 3.63) is 65.2 Å². The Kier molecular flexibility index (Phi) is 10.2. The number of aliphatic imine (C=N–C) groups is 1. The molecule has 0 aliphatic heterocycles. The van der Waals surface area contributed by atoms with E-state index in [0.29, 0.717) is 25.6 Å². The van der Waals surface area contributed by atoms with Gasteiger partial charge in [-0.2, -0.15) is 0 Å². The molecule has 0 fully saturated rings. The lowest BCUT2D eigenvalue weighted by atomic mass is 10.1. The van der Waals surface area contributed by atoms with E-state index in [1.54, 1.807) is 18.2 Å². The predicted molar refractivity (Wildman–Crippen MR) is 120 cm³/mol. The first-order chi connectivity index (χ1) is 12.6. The number of hydrogen-bond donors (Lipinski definition) is 4. The summed E-state index contributed by atoms with van der Waals surface area (Å²) in [6.45, 7) is 6.34. The SMILES string of the molecule is CCNC(=NCc1ccc(C)cc1)NCCNC(=O)c1ccccc1O.I. The number of hydrogen-bond acceptors (Lipinski definition) is 3. The minimum absolute atomic E-state index is 0. The lowest BCUT2D eigenvalue weighted by molar-refractivity contribution is 0.0951. The highest BCUT2D eigenvalue weighted by atomic mass is 127. The van der Waals surface area contributed by atoms with E-state index in [1.165, 1.54) is 11.6 Å². The average Bonchev–Trinajstić information content (AvgIpc) is 2.64. The molecule has 0 heterocycles. The van der Waals surface area contributed by atoms with Crippen LogP contribution in [0.25, 0.3) is 0 Å². The van der Waals surface area contributed by atoms with Crippen LogP contribution in [-0.4, -0.2) is 36.6 Å². The molecule has 0 bridgehead atoms. The maximum Gasteiger partial charge on any atom is 0.255 e. The first-order valence-electron chi connectivity index (χ1n) is 8.74. The minimum atomic E-state index is -0.300. The van der Waals surface area contributed by atoms with Crippen molar-refractivity contribution < 1.29 is 9.90 Å². The average molecular weight is 482 g/mol. The molecular formula is C20H27IN4O2. The number of nitrogens with one attached hydrogen (secondary N) is 3. The number of carbonyl (C=O) groups excluding carboxylic acids is 1. The normalized spacial score (nSPS) is 10.7. The van der Waals surface area contributed by atoms with E-state index in [4.69, 9.17) is 0 Å². The van der Waals surface area contributed by atoms with Crippen molar-refractivity contribution in [1.82, 2.24) is 16.0 Å². The van der Waals surface area contributed by atoms with Crippen molar-refractivity contribution in [3.8, 4) is 5.75 Å². The molecule has 0 aliphatic carbocycles. The number of nitrogens with zero attached hydrogens (tertiary/aromatic N) is 1. The number of benzene rings is 2. The summed E-state index contributed by atoms with van der Waals surface area (Å²) in [6, 6.07) is 14.7. The second-order valence-corrected chi connectivity index (χ2v) is 5.88. The van der Waals surface area contributed by atoms with Crippen LogP contribution in [0.5, 0.6) is 5.75 Å². The largest absolute Gasteiger partial charge is 0.507 e. The van der Waals surface area contributed by atoms with Gasteiger partial charge in [0.25, 0.3) is 5.91 Å². The first-order valence-corrected chi connectivity index (χ1v) is 8.74. The van der Waals surface area contributed by atoms with E-state index < -0.39 is 0 Å². The van der Waals surface area contributed by atoms with Crippen LogP contribution in [0.4, 0.5) is 0 Å². The number of phenols is 1. The fourth-order valence-electron chi connectivity index (χ4n) is 2.32. The van der Waals surface area contributed by atoms with Gasteiger partial charge in [-0.3, -0.25) is 4.79 Å². The maximum absolute atomic E-state index is 12.0. The molecule has 2 aromatic rings. The Bertz CT molecular complexity index is 748. The molecule has 0 radical (unpaired) electrons. The highest BCUT2D eigenvalue weighted by molar-refractivity contribution is 14.0. The van der Waals surface area contributed by atoms with E-state index in [0.717, 1.165) is 12.1 Å². The number of aryl methyl sites for hydroxylation is 1. The van der Waals surface area contributed by atoms with Gasteiger partial charge in [0.15, 0.2) is 5.96 Å². The van der Waals surface area contributed by atoms with Crippen LogP contribution >= 0.6 is 24.0 Å². The standard InChI is InChI=1S/C20H26N4O2.HI/c1-3-21-20(24-14-16-10-8-15(2)9-11-16)23-13-12-22-19(26)17-6-4-5-7-18(17)25;/h4-11,25H,3,12-14H2,1-2H3,(H,22,26)(H2,21,23,24);1H. The highest BCUT2D eigenvalue weighted by Crippen LogP contribution is 2.14. The van der Waals surface area contributed by atoms with Gasteiger partial charge in [-0.1, -0.05) is 42.0 Å². The van der Waals surface area contributed by atoms with Crippen LogP contribution in [0.2, 0.25) is 0 Å². The Balaban J connectivity index is 0.00000364. The van der Waals surface area contributed by atoms with Gasteiger partial charge in [-0.25, -0.2) is 4.99 Å². The van der Waals surface area contributed by atoms with Crippen LogP contribution in [0.3, 0.4) is 0 Å². The number of carbonyl (C=O) groups is 1. The molecule has 7 heteroatoms. The van der Waals surface area contributed by atoms with Gasteiger partial charge in [0.05, 0.1) is 12.1 Å². The summed E-state index contributed by atoms with van der Waals surface area (Å²) in [7, 11) is 0. The second kappa shape index (κ2) is 12.2. The first kappa shape index (κ1) is 22.8. The third-order valence-electron chi connectivity index (χ3n) is 3.74. The van der Waals surface area contributed by atoms with Crippen LogP contribution in [-0.2, 0) is 6.54 Å². The van der Waals surface area contributed by atoms with E-state index in [2.05, 4.69) is 52.1 Å². The van der Waals surface area contributed by atoms with Crippen LogP contribution in [0.15, 0.2) is 53.5 Å². The smallest absolute Gasteiger partial charge is 0.255 e. The maximum atomic E-state index is 12.0. The Morgan fingerprint density at radius 3 is 2.33 bits per heavy atom. The van der Waals surface area contributed by atoms with Crippen molar-refractivity contribution >= 4 is 35.8 Å². The lowest BCUT2D eigenvalue weighted by Crippen LogP contribution is -2.41. The van der Waals surface area contributed by atoms with E-state index in [-0.39, 0.29) is 41.2 Å². The van der Waals surface area contributed by atoms with Gasteiger partial charge in [0.1, 0.15) is 5.75 Å². The number of rotatable bonds is 7. The number of para-hydroxylation sites is 1. The predicted octanol–water partition coefficient (Wildman–Crippen LogP) is 2.80. The highest BCUT2D eigenvalue weighted by Gasteiger charge is 2.09. The molecule has 0 unspecified atom stereocenters. The molecule has 0 saturated heterocycles. The van der Waals surface area contributed by atoms with Gasteiger partial charge in [-0.05, 0) is 31.5 Å². The topological polar surface area (TPSA) is 85.8 Å². The quantitative estimate of drug-likeness (QED) is 0.212. The monoisotopic (exact) mass is 482 g/mol. The van der Waals surface area contributed by atoms with Crippen LogP contribution < -0.4 is 16.0 Å². The molecule has 1 amide bonds. The van der Waals surface area contributed by atoms with Crippen LogP contribution in [0.1, 0.15) is 28.4 Å². The summed E-state index contributed by atoms with van der Waals surface area (Å²) < 4.78 is 0. The molecule has 0 aromatic heterocycles. The van der Waals surface area contributed by atoms with Crippen molar-refractivity contribution in [2.75, 3.05) is 19.6 Å². The third kappa shape index (κ3) is 7.86. The Labute approximate surface area is 177 Å². The van der Waals surface area contributed by atoms with E-state index in [1.807, 2.05) is 6.92 Å². The van der Waals surface area contributed by atoms with Crippen molar-refractivity contribution in [1.29, 1.82) is 0 Å². The molecule has 2 aromatic carbocycles. The number of guanidine groups is 1. The Morgan fingerprint density at radius 1 is 1.00 bits per heavy atom. The molecule has 2 rings (SSSR count). The molecule has 27 heavy (non-hydrogen) atoms. The van der Waals surface area contributed by atoms with Crippen molar-refractivity contribution in [3.63, 3.8) is 0 Å². The molecular weight excluding hydrogens is 455 g/mol. The zero-order valence-corrected chi connectivity index (χ0v) is 18.0. The summed E-state index contributed by atoms with van der Waals surface area (Å²) in [5, 5.41) is 18.8. The van der Waals surface area contributed by atoms with Crippen molar-refractivity contribution in [2.24, 2.45) is 4.99 Å². The minimum Gasteiger partial charge on any atom is -0.507 e. The number of phenolic OH excluding ortho intramolecular Hbond substituents is 1. The number of aromatic hydroxyl groups is 1. The summed E-state index contributed by atoms with van der Waals surface area (Å²) in [4.78, 5) is 16.6. The van der Waals surface area contributed by atoms with Gasteiger partial charge < -0.3 is 21.1 Å². The van der Waals surface area contributed by atoms with E-state index in [9.17, 15) is 9.90 Å². The van der Waals surface area contributed by atoms with Gasteiger partial charge in [-0.15, -0.1) is 24.0 Å². The summed E-state index contributed by atoms with van der Waals surface area (Å²) in [5.41, 5.74) is 2.64. The van der Waals surface area contributed by atoms with Gasteiger partial charge in [0, 0.05) is 19.6 Å². The molecule has 6 nitrogen and oxygen atoms in total. The molecule has 0 aliphatic rings. The Morgan fingerprint density at radius 2 is 1.67 bits per heavy atom. The van der Waals surface area contributed by atoms with Crippen molar-refractivity contribution in [2.45, 2.75) is 20.4 Å². The molecule has 0 saturated carbocycles. The zero-order valence-electron chi connectivity index (χ0n) is 15.7. The number of halogens is 1. The molecule has 146 valence electrons. The molecule has 0 spiro atoms. The summed E-state index contributed by atoms with van der Waals surface area (Å²) >= 11 is 0. The fraction of sp³-hybridized carbons (Fsp3) is 0.300. The van der Waals surface area contributed by atoms with Crippen LogP contribution in [0, 0.1) is 6.92 Å². The van der Waals surface area contributed by atoms with Gasteiger partial charge >= 0.3 is 0 Å². The molecule has 4 N–H and O–H groups in total. The van der Waals surface area contributed by atoms with E-state index >= 15 is 0 Å². The third-order valence-corrected chi connectivity index (χ3v) is 3.74. The molecule has 0 atom stereocenters. The Hall–Kier alpha value is -2.29. The lowest BCUT2D eigenvalue weighted by Gasteiger charge is -2.12. The zero-order chi connectivity index (χ0) is 18.8. The summed E-state index contributed by atoms with van der Waals surface area (Å²) in [5.74, 6) is 0.377. The second-order valence-electron chi connectivity index (χ2n) is 5.88.